The first-order valence-electron chi connectivity index (χ1n) is 11.3. The summed E-state index contributed by atoms with van der Waals surface area (Å²) < 4.78 is 41.8. The maximum Gasteiger partial charge on any atom is 0.235 e. The molecule has 6 nitrogen and oxygen atoms in total. The SMILES string of the molecule is CC1(C(=O)NC2CC(NCc3c(-c4ccc(F)cc4)[nH]c4c(F)cc(F)cc34)C2)CCNC1=O. The fraction of sp³-hybridized carbons (Fsp3) is 0.360. The summed E-state index contributed by atoms with van der Waals surface area (Å²) in [5, 5.41) is 9.48. The van der Waals surface area contributed by atoms with Gasteiger partial charge in [-0.3, -0.25) is 9.59 Å². The Morgan fingerprint density at radius 1 is 1.09 bits per heavy atom. The first-order chi connectivity index (χ1) is 16.2. The van der Waals surface area contributed by atoms with E-state index in [0.29, 0.717) is 54.6 Å². The van der Waals surface area contributed by atoms with Crippen LogP contribution in [0.4, 0.5) is 13.2 Å². The third-order valence-electron chi connectivity index (χ3n) is 7.02. The number of rotatable bonds is 6. The van der Waals surface area contributed by atoms with E-state index in [1.807, 2.05) is 0 Å². The average Bonchev–Trinajstić information content (AvgIpc) is 3.31. The van der Waals surface area contributed by atoms with Crippen molar-refractivity contribution < 1.29 is 22.8 Å². The molecule has 34 heavy (non-hydrogen) atoms. The van der Waals surface area contributed by atoms with E-state index in [0.717, 1.165) is 6.07 Å². The number of hydrogen-bond acceptors (Lipinski definition) is 3. The van der Waals surface area contributed by atoms with E-state index in [9.17, 15) is 22.8 Å². The van der Waals surface area contributed by atoms with Crippen molar-refractivity contribution in [3.8, 4) is 11.3 Å². The molecule has 2 aliphatic rings. The number of aromatic amines is 1. The second-order valence-corrected chi connectivity index (χ2v) is 9.35. The largest absolute Gasteiger partial charge is 0.355 e. The van der Waals surface area contributed by atoms with Crippen molar-refractivity contribution >= 4 is 22.7 Å². The fourth-order valence-electron chi connectivity index (χ4n) is 4.77. The highest BCUT2D eigenvalue weighted by Gasteiger charge is 2.46. The lowest BCUT2D eigenvalue weighted by atomic mass is 9.83. The molecular formula is C25H25F3N4O2. The smallest absolute Gasteiger partial charge is 0.235 e. The van der Waals surface area contributed by atoms with Crippen LogP contribution in [-0.2, 0) is 16.1 Å². The zero-order chi connectivity index (χ0) is 24.0. The van der Waals surface area contributed by atoms with Crippen LogP contribution < -0.4 is 16.0 Å². The molecule has 1 aliphatic carbocycles. The van der Waals surface area contributed by atoms with E-state index in [-0.39, 0.29) is 35.2 Å². The Morgan fingerprint density at radius 2 is 1.82 bits per heavy atom. The van der Waals surface area contributed by atoms with Gasteiger partial charge in [-0.2, -0.15) is 0 Å². The second-order valence-electron chi connectivity index (χ2n) is 9.35. The molecule has 0 bridgehead atoms. The van der Waals surface area contributed by atoms with Gasteiger partial charge in [0.2, 0.25) is 11.8 Å². The topological polar surface area (TPSA) is 86.0 Å². The van der Waals surface area contributed by atoms with E-state index in [4.69, 9.17) is 0 Å². The van der Waals surface area contributed by atoms with Crippen LogP contribution in [0.1, 0.15) is 31.7 Å². The minimum Gasteiger partial charge on any atom is -0.355 e. The van der Waals surface area contributed by atoms with Crippen LogP contribution in [0.2, 0.25) is 0 Å². The van der Waals surface area contributed by atoms with Crippen molar-refractivity contribution in [1.82, 2.24) is 20.9 Å². The van der Waals surface area contributed by atoms with Gasteiger partial charge in [0.1, 0.15) is 22.9 Å². The molecule has 178 valence electrons. The molecule has 2 fully saturated rings. The molecule has 0 radical (unpaired) electrons. The van der Waals surface area contributed by atoms with E-state index in [2.05, 4.69) is 20.9 Å². The molecule has 5 rings (SSSR count). The first-order valence-corrected chi connectivity index (χ1v) is 11.3. The molecule has 4 N–H and O–H groups in total. The Hall–Kier alpha value is -3.33. The molecule has 1 aliphatic heterocycles. The lowest BCUT2D eigenvalue weighted by Gasteiger charge is -2.38. The third-order valence-corrected chi connectivity index (χ3v) is 7.02. The van der Waals surface area contributed by atoms with Crippen LogP contribution in [0.25, 0.3) is 22.2 Å². The summed E-state index contributed by atoms with van der Waals surface area (Å²) in [5.74, 6) is -2.26. The highest BCUT2D eigenvalue weighted by Crippen LogP contribution is 2.33. The van der Waals surface area contributed by atoms with Crippen LogP contribution in [0, 0.1) is 22.9 Å². The molecule has 3 aromatic rings. The highest BCUT2D eigenvalue weighted by atomic mass is 19.1. The Kier molecular flexibility index (Phi) is 5.59. The van der Waals surface area contributed by atoms with Gasteiger partial charge in [0.05, 0.1) is 11.2 Å². The highest BCUT2D eigenvalue weighted by molar-refractivity contribution is 6.06. The minimum absolute atomic E-state index is 0.0374. The summed E-state index contributed by atoms with van der Waals surface area (Å²) in [7, 11) is 0. The van der Waals surface area contributed by atoms with Crippen molar-refractivity contribution in [3.05, 3.63) is 59.4 Å². The van der Waals surface area contributed by atoms with Gasteiger partial charge in [0, 0.05) is 36.6 Å². The molecule has 1 saturated heterocycles. The Morgan fingerprint density at radius 3 is 2.50 bits per heavy atom. The number of fused-ring (bicyclic) bond motifs is 1. The van der Waals surface area contributed by atoms with Crippen LogP contribution in [0.15, 0.2) is 36.4 Å². The van der Waals surface area contributed by atoms with Gasteiger partial charge in [-0.1, -0.05) is 0 Å². The van der Waals surface area contributed by atoms with Gasteiger partial charge < -0.3 is 20.9 Å². The average molecular weight is 470 g/mol. The zero-order valence-electron chi connectivity index (χ0n) is 18.6. The number of carbonyl (C=O) groups is 2. The molecule has 1 unspecified atom stereocenters. The number of H-pyrrole nitrogens is 1. The van der Waals surface area contributed by atoms with Crippen LogP contribution >= 0.6 is 0 Å². The van der Waals surface area contributed by atoms with Gasteiger partial charge in [-0.05, 0) is 67.6 Å². The predicted molar refractivity (Wildman–Crippen MR) is 121 cm³/mol. The number of hydrogen-bond donors (Lipinski definition) is 4. The zero-order valence-corrected chi connectivity index (χ0v) is 18.6. The van der Waals surface area contributed by atoms with Gasteiger partial charge in [0.25, 0.3) is 0 Å². The summed E-state index contributed by atoms with van der Waals surface area (Å²) >= 11 is 0. The summed E-state index contributed by atoms with van der Waals surface area (Å²) in [6.07, 6.45) is 1.84. The lowest BCUT2D eigenvalue weighted by molar-refractivity contribution is -0.140. The van der Waals surface area contributed by atoms with Crippen molar-refractivity contribution in [2.24, 2.45) is 5.41 Å². The maximum absolute atomic E-state index is 14.4. The van der Waals surface area contributed by atoms with Gasteiger partial charge in [0.15, 0.2) is 0 Å². The number of nitrogens with one attached hydrogen (secondary N) is 4. The standard InChI is InChI=1S/C25H25F3N4O2/c1-25(6-7-29-23(25)33)24(34)31-17-10-16(11-17)30-12-19-18-8-15(27)9-20(28)22(18)32-21(19)13-2-4-14(26)5-3-13/h2-5,8-9,16-17,30,32H,6-7,10-12H2,1H3,(H,29,33)(H,31,34). The van der Waals surface area contributed by atoms with Gasteiger partial charge in [-0.25, -0.2) is 13.2 Å². The van der Waals surface area contributed by atoms with Crippen LogP contribution in [0.3, 0.4) is 0 Å². The summed E-state index contributed by atoms with van der Waals surface area (Å²) in [6.45, 7) is 2.49. The molecule has 0 spiro atoms. The Bertz CT molecular complexity index is 1270. The molecule has 2 amide bonds. The van der Waals surface area contributed by atoms with E-state index < -0.39 is 17.0 Å². The molecule has 2 aromatic carbocycles. The molecule has 1 atom stereocenters. The first kappa shape index (κ1) is 22.5. The molecule has 9 heteroatoms. The maximum atomic E-state index is 14.4. The second kappa shape index (κ2) is 8.47. The molecule has 1 aromatic heterocycles. The van der Waals surface area contributed by atoms with Crippen LogP contribution in [0.5, 0.6) is 0 Å². The monoisotopic (exact) mass is 470 g/mol. The summed E-state index contributed by atoms with van der Waals surface area (Å²) in [5.41, 5.74) is 1.11. The molecular weight excluding hydrogens is 445 g/mol. The number of amides is 2. The van der Waals surface area contributed by atoms with E-state index in [1.54, 1.807) is 19.1 Å². The van der Waals surface area contributed by atoms with Crippen molar-refractivity contribution in [2.75, 3.05) is 6.54 Å². The Labute approximate surface area is 194 Å². The fourth-order valence-corrected chi connectivity index (χ4v) is 4.77. The molecule has 1 saturated carbocycles. The lowest BCUT2D eigenvalue weighted by Crippen LogP contribution is -2.55. The number of carbonyl (C=O) groups excluding carboxylic acids is 2. The summed E-state index contributed by atoms with van der Waals surface area (Å²) in [4.78, 5) is 27.6. The number of halogens is 3. The molecule has 2 heterocycles. The Balaban J connectivity index is 1.29. The minimum atomic E-state index is -1.03. The van der Waals surface area contributed by atoms with Crippen LogP contribution in [-0.4, -0.2) is 35.4 Å². The van der Waals surface area contributed by atoms with Gasteiger partial charge in [-0.15, -0.1) is 0 Å². The third kappa shape index (κ3) is 3.94. The van der Waals surface area contributed by atoms with Crippen molar-refractivity contribution in [1.29, 1.82) is 0 Å². The normalized spacial score (nSPS) is 24.2. The number of aromatic nitrogens is 1. The quantitative estimate of drug-likeness (QED) is 0.416. The predicted octanol–water partition coefficient (Wildman–Crippen LogP) is 3.52. The van der Waals surface area contributed by atoms with Crippen molar-refractivity contribution in [2.45, 2.75) is 44.8 Å². The summed E-state index contributed by atoms with van der Waals surface area (Å²) in [6, 6.07) is 7.99. The number of benzene rings is 2. The van der Waals surface area contributed by atoms with Gasteiger partial charge >= 0.3 is 0 Å². The van der Waals surface area contributed by atoms with E-state index >= 15 is 0 Å². The van der Waals surface area contributed by atoms with Crippen molar-refractivity contribution in [3.63, 3.8) is 0 Å². The van der Waals surface area contributed by atoms with E-state index in [1.165, 1.54) is 18.2 Å².